The molecule has 4 nitrogen and oxygen atoms in total. The normalized spacial score (nSPS) is 20.6. The molecule has 27 heavy (non-hydrogen) atoms. The molecule has 4 rings (SSSR count). The number of anilines is 1. The molecular formula is C22H21FN2O2. The average molecular weight is 364 g/mol. The molecule has 2 aromatic carbocycles. The number of hydrogen-bond donors (Lipinski definition) is 0. The van der Waals surface area contributed by atoms with E-state index < -0.39 is 5.82 Å². The Balaban J connectivity index is 1.81. The predicted octanol–water partition coefficient (Wildman–Crippen LogP) is 3.84. The number of benzene rings is 2. The molecule has 1 saturated heterocycles. The Morgan fingerprint density at radius 2 is 1.67 bits per heavy atom. The summed E-state index contributed by atoms with van der Waals surface area (Å²) in [6.07, 6.45) is 2.11. The van der Waals surface area contributed by atoms with Gasteiger partial charge in [-0.1, -0.05) is 37.3 Å². The topological polar surface area (TPSA) is 40.6 Å². The molecule has 5 heteroatoms. The Kier molecular flexibility index (Phi) is 4.52. The van der Waals surface area contributed by atoms with Crippen molar-refractivity contribution in [3.8, 4) is 0 Å². The average Bonchev–Trinajstić information content (AvgIpc) is 2.94. The summed E-state index contributed by atoms with van der Waals surface area (Å²) in [5.74, 6) is -0.629. The number of likely N-dealkylation sites (tertiary alicyclic amines) is 1. The Morgan fingerprint density at radius 1 is 0.963 bits per heavy atom. The zero-order valence-corrected chi connectivity index (χ0v) is 15.2. The summed E-state index contributed by atoms with van der Waals surface area (Å²) in [7, 11) is 0. The first-order valence-corrected chi connectivity index (χ1v) is 9.25. The Labute approximate surface area is 157 Å². The molecule has 0 radical (unpaired) electrons. The molecule has 0 N–H and O–H groups in total. The predicted molar refractivity (Wildman–Crippen MR) is 102 cm³/mol. The second-order valence-corrected chi connectivity index (χ2v) is 7.21. The second-order valence-electron chi connectivity index (χ2n) is 7.21. The highest BCUT2D eigenvalue weighted by Crippen LogP contribution is 2.36. The van der Waals surface area contributed by atoms with E-state index in [0.717, 1.165) is 36.4 Å². The van der Waals surface area contributed by atoms with Crippen LogP contribution >= 0.6 is 0 Å². The lowest BCUT2D eigenvalue weighted by molar-refractivity contribution is -0.120. The molecule has 1 unspecified atom stereocenters. The molecule has 0 aromatic heterocycles. The zero-order chi connectivity index (χ0) is 19.0. The summed E-state index contributed by atoms with van der Waals surface area (Å²) in [6, 6.07) is 14.8. The number of carbonyl (C=O) groups is 2. The van der Waals surface area contributed by atoms with Gasteiger partial charge in [0.05, 0.1) is 11.3 Å². The van der Waals surface area contributed by atoms with Gasteiger partial charge >= 0.3 is 0 Å². The van der Waals surface area contributed by atoms with Crippen molar-refractivity contribution < 1.29 is 14.0 Å². The Bertz CT molecular complexity index is 906. The summed E-state index contributed by atoms with van der Waals surface area (Å²) in [6.45, 7) is 3.67. The van der Waals surface area contributed by atoms with Gasteiger partial charge in [0, 0.05) is 13.1 Å². The lowest BCUT2D eigenvalue weighted by Crippen LogP contribution is -2.39. The minimum Gasteiger partial charge on any atom is -0.366 e. The molecule has 2 aliphatic heterocycles. The van der Waals surface area contributed by atoms with Crippen LogP contribution in [0.5, 0.6) is 0 Å². The fourth-order valence-electron chi connectivity index (χ4n) is 3.89. The zero-order valence-electron chi connectivity index (χ0n) is 15.2. The van der Waals surface area contributed by atoms with Crippen molar-refractivity contribution in [2.45, 2.75) is 19.8 Å². The van der Waals surface area contributed by atoms with Gasteiger partial charge in [0.2, 0.25) is 0 Å². The molecule has 2 aromatic rings. The van der Waals surface area contributed by atoms with E-state index in [9.17, 15) is 14.0 Å². The minimum atomic E-state index is -0.404. The maximum atomic E-state index is 13.3. The quantitative estimate of drug-likeness (QED) is 0.777. The lowest BCUT2D eigenvalue weighted by Gasteiger charge is -2.33. The van der Waals surface area contributed by atoms with Crippen molar-refractivity contribution in [1.82, 2.24) is 4.90 Å². The number of hydrogen-bond acceptors (Lipinski definition) is 3. The summed E-state index contributed by atoms with van der Waals surface area (Å²) in [4.78, 5) is 29.8. The first-order valence-electron chi connectivity index (χ1n) is 9.25. The summed E-state index contributed by atoms with van der Waals surface area (Å²) < 4.78 is 13.3. The standard InChI is InChI=1S/C22H21FN2O2/c1-15-6-5-13-24(14-15)20-19(16-7-3-2-4-8-16)21(26)25(22(20)27)18-11-9-17(23)10-12-18/h2-4,7-12,15H,5-6,13-14H2,1H3. The van der Waals surface area contributed by atoms with Gasteiger partial charge in [-0.15, -0.1) is 0 Å². The highest BCUT2D eigenvalue weighted by molar-refractivity contribution is 6.45. The molecule has 0 aliphatic carbocycles. The van der Waals surface area contributed by atoms with E-state index in [1.165, 1.54) is 24.3 Å². The van der Waals surface area contributed by atoms with Gasteiger partial charge in [0.25, 0.3) is 11.8 Å². The largest absolute Gasteiger partial charge is 0.366 e. The van der Waals surface area contributed by atoms with E-state index in [1.807, 2.05) is 35.2 Å². The summed E-state index contributed by atoms with van der Waals surface area (Å²) >= 11 is 0. The van der Waals surface area contributed by atoms with Crippen molar-refractivity contribution >= 4 is 23.1 Å². The van der Waals surface area contributed by atoms with E-state index >= 15 is 0 Å². The van der Waals surface area contributed by atoms with Gasteiger partial charge in [0.1, 0.15) is 11.5 Å². The van der Waals surface area contributed by atoms with E-state index in [1.54, 1.807) is 0 Å². The van der Waals surface area contributed by atoms with E-state index in [0.29, 0.717) is 22.9 Å². The Hall–Kier alpha value is -2.95. The molecule has 1 atom stereocenters. The maximum Gasteiger partial charge on any atom is 0.282 e. The van der Waals surface area contributed by atoms with Crippen LogP contribution in [-0.2, 0) is 9.59 Å². The number of amides is 2. The van der Waals surface area contributed by atoms with Gasteiger partial charge in [0.15, 0.2) is 0 Å². The third-order valence-corrected chi connectivity index (χ3v) is 5.18. The number of imide groups is 1. The van der Waals surface area contributed by atoms with Crippen molar-refractivity contribution in [2.24, 2.45) is 5.92 Å². The van der Waals surface area contributed by atoms with Crippen LogP contribution in [-0.4, -0.2) is 29.8 Å². The lowest BCUT2D eigenvalue weighted by atomic mass is 9.98. The number of piperidine rings is 1. The maximum absolute atomic E-state index is 13.3. The van der Waals surface area contributed by atoms with Crippen LogP contribution in [0.3, 0.4) is 0 Å². The van der Waals surface area contributed by atoms with E-state index in [-0.39, 0.29) is 11.8 Å². The molecule has 1 fully saturated rings. The van der Waals surface area contributed by atoms with Crippen molar-refractivity contribution in [1.29, 1.82) is 0 Å². The van der Waals surface area contributed by atoms with Gasteiger partial charge in [-0.05, 0) is 48.6 Å². The van der Waals surface area contributed by atoms with Crippen LogP contribution in [0.2, 0.25) is 0 Å². The first-order chi connectivity index (χ1) is 13.1. The third kappa shape index (κ3) is 3.14. The van der Waals surface area contributed by atoms with Gasteiger partial charge < -0.3 is 4.90 Å². The molecular weight excluding hydrogens is 343 g/mol. The molecule has 138 valence electrons. The molecule has 2 heterocycles. The summed E-state index contributed by atoms with van der Waals surface area (Å²) in [5, 5.41) is 0. The van der Waals surface area contributed by atoms with Crippen molar-refractivity contribution in [3.05, 3.63) is 71.7 Å². The first kappa shape index (κ1) is 17.5. The Morgan fingerprint density at radius 3 is 2.33 bits per heavy atom. The molecule has 2 aliphatic rings. The number of nitrogens with zero attached hydrogens (tertiary/aromatic N) is 2. The van der Waals surface area contributed by atoms with Gasteiger partial charge in [-0.25, -0.2) is 9.29 Å². The number of halogens is 1. The molecule has 0 spiro atoms. The number of carbonyl (C=O) groups excluding carboxylic acids is 2. The van der Waals surface area contributed by atoms with Crippen LogP contribution in [0.1, 0.15) is 25.3 Å². The molecule has 2 amide bonds. The van der Waals surface area contributed by atoms with Crippen LogP contribution in [0.15, 0.2) is 60.3 Å². The van der Waals surface area contributed by atoms with Crippen molar-refractivity contribution in [2.75, 3.05) is 18.0 Å². The minimum absolute atomic E-state index is 0.334. The van der Waals surface area contributed by atoms with E-state index in [4.69, 9.17) is 0 Å². The molecule has 0 bridgehead atoms. The second kappa shape index (κ2) is 6.99. The highest BCUT2D eigenvalue weighted by Gasteiger charge is 2.43. The smallest absolute Gasteiger partial charge is 0.282 e. The van der Waals surface area contributed by atoms with Gasteiger partial charge in [-0.3, -0.25) is 9.59 Å². The fraction of sp³-hybridized carbons (Fsp3) is 0.273. The van der Waals surface area contributed by atoms with E-state index in [2.05, 4.69) is 6.92 Å². The highest BCUT2D eigenvalue weighted by atomic mass is 19.1. The van der Waals surface area contributed by atoms with Crippen LogP contribution in [0.25, 0.3) is 5.57 Å². The summed E-state index contributed by atoms with van der Waals surface area (Å²) in [5.41, 5.74) is 2.01. The third-order valence-electron chi connectivity index (χ3n) is 5.18. The van der Waals surface area contributed by atoms with Crippen LogP contribution in [0.4, 0.5) is 10.1 Å². The van der Waals surface area contributed by atoms with Crippen molar-refractivity contribution in [3.63, 3.8) is 0 Å². The fourth-order valence-corrected chi connectivity index (χ4v) is 3.89. The number of rotatable bonds is 3. The van der Waals surface area contributed by atoms with Crippen LogP contribution < -0.4 is 4.90 Å². The van der Waals surface area contributed by atoms with Crippen LogP contribution in [0, 0.1) is 11.7 Å². The van der Waals surface area contributed by atoms with Gasteiger partial charge in [-0.2, -0.15) is 0 Å². The SMILES string of the molecule is CC1CCCN(C2=C(c3ccccc3)C(=O)N(c3ccc(F)cc3)C2=O)C1. The molecule has 0 saturated carbocycles. The monoisotopic (exact) mass is 364 g/mol.